The summed E-state index contributed by atoms with van der Waals surface area (Å²) >= 11 is 0. The van der Waals surface area contributed by atoms with Gasteiger partial charge in [0.1, 0.15) is 11.3 Å². The van der Waals surface area contributed by atoms with Crippen LogP contribution in [0.4, 0.5) is 0 Å². The molecule has 1 heterocycles. The molecule has 20 heavy (non-hydrogen) atoms. The normalized spacial score (nSPS) is 14.8. The molecule has 0 saturated carbocycles. The van der Waals surface area contributed by atoms with E-state index in [1.165, 1.54) is 0 Å². The second kappa shape index (κ2) is 6.91. The van der Waals surface area contributed by atoms with Gasteiger partial charge in [-0.25, -0.2) is 0 Å². The van der Waals surface area contributed by atoms with Crippen molar-refractivity contribution >= 4 is 11.0 Å². The smallest absolute Gasteiger partial charge is 0.134 e. The van der Waals surface area contributed by atoms with Crippen molar-refractivity contribution in [3.05, 3.63) is 36.1 Å². The summed E-state index contributed by atoms with van der Waals surface area (Å²) < 4.78 is 11.8. The van der Waals surface area contributed by atoms with Gasteiger partial charge in [-0.05, 0) is 38.4 Å². The lowest BCUT2D eigenvalue weighted by molar-refractivity contribution is 0.0352. The van der Waals surface area contributed by atoms with Crippen LogP contribution in [0.15, 0.2) is 34.7 Å². The van der Waals surface area contributed by atoms with Crippen molar-refractivity contribution in [2.24, 2.45) is 5.92 Å². The summed E-state index contributed by atoms with van der Waals surface area (Å²) in [5.74, 6) is 1.59. The second-order valence-electron chi connectivity index (χ2n) is 5.80. The zero-order valence-corrected chi connectivity index (χ0v) is 12.8. The van der Waals surface area contributed by atoms with Crippen molar-refractivity contribution in [1.29, 1.82) is 0 Å². The molecule has 0 aliphatic rings. The van der Waals surface area contributed by atoms with Gasteiger partial charge in [-0.2, -0.15) is 0 Å². The van der Waals surface area contributed by atoms with Crippen LogP contribution < -0.4 is 5.32 Å². The molecule has 0 radical (unpaired) electrons. The molecule has 3 nitrogen and oxygen atoms in total. The third-order valence-corrected chi connectivity index (χ3v) is 3.49. The monoisotopic (exact) mass is 275 g/mol. The molecule has 2 atom stereocenters. The molecule has 2 rings (SSSR count). The first-order valence-electron chi connectivity index (χ1n) is 7.37. The van der Waals surface area contributed by atoms with Gasteiger partial charge in [-0.3, -0.25) is 0 Å². The van der Waals surface area contributed by atoms with Crippen molar-refractivity contribution in [2.45, 2.75) is 39.3 Å². The number of benzene rings is 1. The van der Waals surface area contributed by atoms with Crippen LogP contribution in [-0.2, 0) is 4.74 Å². The summed E-state index contributed by atoms with van der Waals surface area (Å²) in [4.78, 5) is 0. The van der Waals surface area contributed by atoms with Gasteiger partial charge in [0.2, 0.25) is 0 Å². The van der Waals surface area contributed by atoms with E-state index in [0.29, 0.717) is 12.5 Å². The lowest BCUT2D eigenvalue weighted by atomic mass is 10.1. The van der Waals surface area contributed by atoms with E-state index in [9.17, 15) is 0 Å². The Morgan fingerprint density at radius 2 is 1.95 bits per heavy atom. The van der Waals surface area contributed by atoms with E-state index in [4.69, 9.17) is 9.15 Å². The Hall–Kier alpha value is -1.32. The molecule has 2 aromatic rings. The highest BCUT2D eigenvalue weighted by Crippen LogP contribution is 2.24. The molecule has 0 bridgehead atoms. The zero-order chi connectivity index (χ0) is 14.5. The Morgan fingerprint density at radius 3 is 2.60 bits per heavy atom. The minimum Gasteiger partial charge on any atom is -0.459 e. The minimum atomic E-state index is 0.0945. The number of hydrogen-bond acceptors (Lipinski definition) is 3. The molecule has 3 heteroatoms. The summed E-state index contributed by atoms with van der Waals surface area (Å²) in [5, 5.41) is 4.41. The first-order valence-corrected chi connectivity index (χ1v) is 7.37. The van der Waals surface area contributed by atoms with Gasteiger partial charge in [0, 0.05) is 5.39 Å². The van der Waals surface area contributed by atoms with Crippen molar-refractivity contribution in [2.75, 3.05) is 13.7 Å². The topological polar surface area (TPSA) is 34.4 Å². The molecule has 0 aliphatic carbocycles. The van der Waals surface area contributed by atoms with Gasteiger partial charge in [0.05, 0.1) is 18.8 Å². The molecule has 0 spiro atoms. The number of likely N-dealkylation sites (N-methyl/N-ethyl adjacent to an activating group) is 1. The van der Waals surface area contributed by atoms with E-state index in [2.05, 4.69) is 38.2 Å². The Balaban J connectivity index is 2.00. The van der Waals surface area contributed by atoms with Crippen LogP contribution >= 0.6 is 0 Å². The summed E-state index contributed by atoms with van der Waals surface area (Å²) in [6.07, 6.45) is 1.35. The largest absolute Gasteiger partial charge is 0.459 e. The van der Waals surface area contributed by atoms with Gasteiger partial charge in [-0.15, -0.1) is 0 Å². The van der Waals surface area contributed by atoms with E-state index in [-0.39, 0.29) is 12.1 Å². The maximum Gasteiger partial charge on any atom is 0.134 e. The Bertz CT molecular complexity index is 500. The fraction of sp³-hybridized carbons (Fsp3) is 0.529. The maximum atomic E-state index is 5.93. The van der Waals surface area contributed by atoms with Crippen molar-refractivity contribution in [3.8, 4) is 0 Å². The average molecular weight is 275 g/mol. The molecular formula is C17H25NO2. The second-order valence-corrected chi connectivity index (χ2v) is 5.80. The maximum absolute atomic E-state index is 5.93. The standard InChI is InChI=1S/C17H25NO2/c1-12(2)9-13(3)19-11-15(18-4)17-10-14-7-5-6-8-16(14)20-17/h5-8,10,12-13,15,18H,9,11H2,1-4H3. The van der Waals surface area contributed by atoms with Gasteiger partial charge >= 0.3 is 0 Å². The molecule has 110 valence electrons. The first-order chi connectivity index (χ1) is 9.60. The number of ether oxygens (including phenoxy) is 1. The van der Waals surface area contributed by atoms with Gasteiger partial charge in [0.25, 0.3) is 0 Å². The summed E-state index contributed by atoms with van der Waals surface area (Å²) in [6, 6.07) is 10.3. The SMILES string of the molecule is CNC(COC(C)CC(C)C)c1cc2ccccc2o1. The number of rotatable bonds is 7. The molecular weight excluding hydrogens is 250 g/mol. The molecule has 0 saturated heterocycles. The molecule has 1 aromatic carbocycles. The molecule has 0 aliphatic heterocycles. The number of para-hydroxylation sites is 1. The van der Waals surface area contributed by atoms with Crippen molar-refractivity contribution < 1.29 is 9.15 Å². The number of fused-ring (bicyclic) bond motifs is 1. The fourth-order valence-electron chi connectivity index (χ4n) is 2.47. The highest BCUT2D eigenvalue weighted by molar-refractivity contribution is 5.77. The van der Waals surface area contributed by atoms with Gasteiger partial charge in [-0.1, -0.05) is 32.0 Å². The van der Waals surface area contributed by atoms with Crippen LogP contribution in [0.25, 0.3) is 11.0 Å². The van der Waals surface area contributed by atoms with E-state index < -0.39 is 0 Å². The fourth-order valence-corrected chi connectivity index (χ4v) is 2.47. The minimum absolute atomic E-state index is 0.0945. The molecule has 0 fully saturated rings. The number of nitrogens with one attached hydrogen (secondary N) is 1. The predicted octanol–water partition coefficient (Wildman–Crippen LogP) is 4.14. The molecule has 0 amide bonds. The van der Waals surface area contributed by atoms with Crippen molar-refractivity contribution in [1.82, 2.24) is 5.32 Å². The van der Waals surface area contributed by atoms with Crippen LogP contribution in [0.2, 0.25) is 0 Å². The lowest BCUT2D eigenvalue weighted by Crippen LogP contribution is -2.24. The summed E-state index contributed by atoms with van der Waals surface area (Å²) in [5.41, 5.74) is 0.929. The highest BCUT2D eigenvalue weighted by Gasteiger charge is 2.16. The quantitative estimate of drug-likeness (QED) is 0.824. The number of furan rings is 1. The van der Waals surface area contributed by atoms with Gasteiger partial charge < -0.3 is 14.5 Å². The highest BCUT2D eigenvalue weighted by atomic mass is 16.5. The molecule has 2 unspecified atom stereocenters. The Morgan fingerprint density at radius 1 is 1.20 bits per heavy atom. The summed E-state index contributed by atoms with van der Waals surface area (Å²) in [6.45, 7) is 7.19. The van der Waals surface area contributed by atoms with Crippen LogP contribution in [0, 0.1) is 5.92 Å². The lowest BCUT2D eigenvalue weighted by Gasteiger charge is -2.19. The average Bonchev–Trinajstić information content (AvgIpc) is 2.82. The van der Waals surface area contributed by atoms with Gasteiger partial charge in [0.15, 0.2) is 0 Å². The summed E-state index contributed by atoms with van der Waals surface area (Å²) in [7, 11) is 1.94. The Labute approximate surface area is 121 Å². The predicted molar refractivity (Wildman–Crippen MR) is 82.9 cm³/mol. The van der Waals surface area contributed by atoms with Crippen molar-refractivity contribution in [3.63, 3.8) is 0 Å². The molecule has 1 N–H and O–H groups in total. The Kier molecular flexibility index (Phi) is 5.21. The zero-order valence-electron chi connectivity index (χ0n) is 12.8. The van der Waals surface area contributed by atoms with E-state index >= 15 is 0 Å². The third-order valence-electron chi connectivity index (χ3n) is 3.49. The first kappa shape index (κ1) is 15.1. The van der Waals surface area contributed by atoms with Crippen LogP contribution in [-0.4, -0.2) is 19.8 Å². The van der Waals surface area contributed by atoms with Crippen LogP contribution in [0.3, 0.4) is 0 Å². The van der Waals surface area contributed by atoms with Crippen LogP contribution in [0.1, 0.15) is 39.0 Å². The van der Waals surface area contributed by atoms with E-state index in [1.807, 2.05) is 25.2 Å². The molecule has 1 aromatic heterocycles. The van der Waals surface area contributed by atoms with E-state index in [1.54, 1.807) is 0 Å². The van der Waals surface area contributed by atoms with E-state index in [0.717, 1.165) is 23.2 Å². The third kappa shape index (κ3) is 3.84. The number of hydrogen-bond donors (Lipinski definition) is 1. The van der Waals surface area contributed by atoms with Crippen LogP contribution in [0.5, 0.6) is 0 Å².